The van der Waals surface area contributed by atoms with Gasteiger partial charge in [0.1, 0.15) is 28.8 Å². The van der Waals surface area contributed by atoms with Crippen molar-refractivity contribution in [3.63, 3.8) is 0 Å². The van der Waals surface area contributed by atoms with Crippen molar-refractivity contribution in [1.82, 2.24) is 9.97 Å². The second-order valence-corrected chi connectivity index (χ2v) is 7.65. The summed E-state index contributed by atoms with van der Waals surface area (Å²) < 4.78 is 5.99. The SMILES string of the molecule is Oc1cccc([C@@H]2CN(c3ncnc4scc(-c5ccccc5)c34)CCO2)c1. The molecule has 1 saturated heterocycles. The summed E-state index contributed by atoms with van der Waals surface area (Å²) in [6.07, 6.45) is 1.53. The van der Waals surface area contributed by atoms with Crippen LogP contribution in [0.4, 0.5) is 5.82 Å². The number of morpholine rings is 1. The van der Waals surface area contributed by atoms with E-state index in [-0.39, 0.29) is 11.9 Å². The van der Waals surface area contributed by atoms with Crippen molar-refractivity contribution in [2.75, 3.05) is 24.6 Å². The molecule has 1 atom stereocenters. The van der Waals surface area contributed by atoms with E-state index in [1.807, 2.05) is 18.2 Å². The zero-order valence-corrected chi connectivity index (χ0v) is 16.0. The molecule has 5 nitrogen and oxygen atoms in total. The average molecular weight is 389 g/mol. The van der Waals surface area contributed by atoms with Gasteiger partial charge in [-0.3, -0.25) is 0 Å². The van der Waals surface area contributed by atoms with E-state index in [4.69, 9.17) is 4.74 Å². The first-order valence-corrected chi connectivity index (χ1v) is 10.1. The lowest BCUT2D eigenvalue weighted by molar-refractivity contribution is 0.0395. The largest absolute Gasteiger partial charge is 0.508 e. The van der Waals surface area contributed by atoms with Crippen molar-refractivity contribution in [2.45, 2.75) is 6.10 Å². The number of aromatic hydroxyl groups is 1. The number of hydrogen-bond acceptors (Lipinski definition) is 6. The van der Waals surface area contributed by atoms with Gasteiger partial charge in [-0.15, -0.1) is 11.3 Å². The normalized spacial score (nSPS) is 17.1. The fraction of sp³-hybridized carbons (Fsp3) is 0.182. The highest BCUT2D eigenvalue weighted by molar-refractivity contribution is 7.17. The maximum absolute atomic E-state index is 9.81. The van der Waals surface area contributed by atoms with Gasteiger partial charge in [0.2, 0.25) is 0 Å². The van der Waals surface area contributed by atoms with Gasteiger partial charge in [0.05, 0.1) is 12.0 Å². The molecule has 3 heterocycles. The van der Waals surface area contributed by atoms with Crippen LogP contribution in [0.3, 0.4) is 0 Å². The van der Waals surface area contributed by atoms with E-state index in [9.17, 15) is 5.11 Å². The van der Waals surface area contributed by atoms with Crippen LogP contribution in [0, 0.1) is 0 Å². The molecule has 140 valence electrons. The number of rotatable bonds is 3. The lowest BCUT2D eigenvalue weighted by atomic mass is 10.0. The Morgan fingerprint density at radius 2 is 1.96 bits per heavy atom. The molecule has 4 aromatic rings. The molecule has 0 amide bonds. The summed E-state index contributed by atoms with van der Waals surface area (Å²) in [6, 6.07) is 17.6. The summed E-state index contributed by atoms with van der Waals surface area (Å²) in [4.78, 5) is 12.4. The molecule has 28 heavy (non-hydrogen) atoms. The number of hydrogen-bond donors (Lipinski definition) is 1. The summed E-state index contributed by atoms with van der Waals surface area (Å²) in [5, 5.41) is 13.1. The van der Waals surface area contributed by atoms with Crippen LogP contribution < -0.4 is 4.90 Å². The van der Waals surface area contributed by atoms with E-state index in [1.165, 1.54) is 5.56 Å². The fourth-order valence-corrected chi connectivity index (χ4v) is 4.61. The van der Waals surface area contributed by atoms with Gasteiger partial charge in [-0.05, 0) is 23.3 Å². The summed E-state index contributed by atoms with van der Waals surface area (Å²) in [7, 11) is 0. The number of ether oxygens (including phenoxy) is 1. The Morgan fingerprint density at radius 3 is 2.82 bits per heavy atom. The van der Waals surface area contributed by atoms with Gasteiger partial charge in [-0.25, -0.2) is 9.97 Å². The first-order chi connectivity index (χ1) is 13.8. The highest BCUT2D eigenvalue weighted by Gasteiger charge is 2.26. The van der Waals surface area contributed by atoms with Crippen LogP contribution in [-0.4, -0.2) is 34.8 Å². The van der Waals surface area contributed by atoms with Crippen LogP contribution in [0.2, 0.25) is 0 Å². The number of fused-ring (bicyclic) bond motifs is 1. The first kappa shape index (κ1) is 17.2. The summed E-state index contributed by atoms with van der Waals surface area (Å²) >= 11 is 1.64. The van der Waals surface area contributed by atoms with Gasteiger partial charge in [0.15, 0.2) is 0 Å². The Kier molecular flexibility index (Phi) is 4.43. The second-order valence-electron chi connectivity index (χ2n) is 6.79. The molecule has 1 aliphatic rings. The Labute approximate surface area is 166 Å². The molecule has 0 saturated carbocycles. The number of anilines is 1. The van der Waals surface area contributed by atoms with Crippen LogP contribution in [0.15, 0.2) is 66.3 Å². The van der Waals surface area contributed by atoms with Gasteiger partial charge in [-0.1, -0.05) is 42.5 Å². The minimum atomic E-state index is -0.107. The lowest BCUT2D eigenvalue weighted by Crippen LogP contribution is -2.39. The van der Waals surface area contributed by atoms with Crippen molar-refractivity contribution < 1.29 is 9.84 Å². The number of benzene rings is 2. The molecule has 2 aromatic heterocycles. The van der Waals surface area contributed by atoms with Crippen molar-refractivity contribution >= 4 is 27.4 Å². The Bertz CT molecular complexity index is 1110. The van der Waals surface area contributed by atoms with Crippen molar-refractivity contribution in [1.29, 1.82) is 0 Å². The number of phenolic OH excluding ortho intramolecular Hbond substituents is 1. The monoisotopic (exact) mass is 389 g/mol. The second kappa shape index (κ2) is 7.22. The predicted molar refractivity (Wildman–Crippen MR) is 112 cm³/mol. The van der Waals surface area contributed by atoms with Crippen molar-refractivity contribution in [2.24, 2.45) is 0 Å². The number of aromatic nitrogens is 2. The molecule has 0 unspecified atom stereocenters. The Balaban J connectivity index is 1.55. The molecule has 0 spiro atoms. The molecule has 6 heteroatoms. The molecular formula is C22H19N3O2S. The van der Waals surface area contributed by atoms with Gasteiger partial charge in [-0.2, -0.15) is 0 Å². The molecule has 1 aliphatic heterocycles. The minimum Gasteiger partial charge on any atom is -0.508 e. The van der Waals surface area contributed by atoms with E-state index in [0.717, 1.165) is 33.7 Å². The lowest BCUT2D eigenvalue weighted by Gasteiger charge is -2.34. The van der Waals surface area contributed by atoms with E-state index in [0.29, 0.717) is 13.2 Å². The molecule has 0 radical (unpaired) electrons. The predicted octanol–water partition coefficient (Wildman–Crippen LogP) is 4.64. The molecule has 2 aromatic carbocycles. The van der Waals surface area contributed by atoms with E-state index in [2.05, 4.69) is 44.5 Å². The summed E-state index contributed by atoms with van der Waals surface area (Å²) in [5.74, 6) is 1.20. The Morgan fingerprint density at radius 1 is 1.07 bits per heavy atom. The van der Waals surface area contributed by atoms with Crippen LogP contribution >= 0.6 is 11.3 Å². The molecule has 1 fully saturated rings. The van der Waals surface area contributed by atoms with E-state index >= 15 is 0 Å². The van der Waals surface area contributed by atoms with Crippen molar-refractivity contribution in [3.05, 3.63) is 71.9 Å². The van der Waals surface area contributed by atoms with Crippen LogP contribution in [0.5, 0.6) is 5.75 Å². The third-order valence-electron chi connectivity index (χ3n) is 5.04. The molecule has 5 rings (SSSR count). The maximum Gasteiger partial charge on any atom is 0.141 e. The van der Waals surface area contributed by atoms with Crippen LogP contribution in [0.1, 0.15) is 11.7 Å². The number of thiophene rings is 1. The zero-order chi connectivity index (χ0) is 18.9. The third-order valence-corrected chi connectivity index (χ3v) is 5.93. The highest BCUT2D eigenvalue weighted by Crippen LogP contribution is 2.39. The number of nitrogens with zero attached hydrogens (tertiary/aromatic N) is 3. The highest BCUT2D eigenvalue weighted by atomic mass is 32.1. The maximum atomic E-state index is 9.81. The topological polar surface area (TPSA) is 58.5 Å². The van der Waals surface area contributed by atoms with Crippen molar-refractivity contribution in [3.8, 4) is 16.9 Å². The van der Waals surface area contributed by atoms with Gasteiger partial charge < -0.3 is 14.7 Å². The number of phenols is 1. The summed E-state index contributed by atoms with van der Waals surface area (Å²) in [5.41, 5.74) is 3.31. The smallest absolute Gasteiger partial charge is 0.141 e. The first-order valence-electron chi connectivity index (χ1n) is 9.23. The average Bonchev–Trinajstić information content (AvgIpc) is 3.19. The van der Waals surface area contributed by atoms with Crippen LogP contribution in [0.25, 0.3) is 21.3 Å². The third kappa shape index (κ3) is 3.10. The van der Waals surface area contributed by atoms with Gasteiger partial charge >= 0.3 is 0 Å². The zero-order valence-electron chi connectivity index (χ0n) is 15.2. The van der Waals surface area contributed by atoms with E-state index in [1.54, 1.807) is 29.8 Å². The molecule has 1 N–H and O–H groups in total. The fourth-order valence-electron chi connectivity index (χ4n) is 3.70. The molecule has 0 aliphatic carbocycles. The minimum absolute atomic E-state index is 0.107. The van der Waals surface area contributed by atoms with Gasteiger partial charge in [0.25, 0.3) is 0 Å². The quantitative estimate of drug-likeness (QED) is 0.553. The van der Waals surface area contributed by atoms with E-state index < -0.39 is 0 Å². The molecule has 0 bridgehead atoms. The standard InChI is InChI=1S/C22H19N3O2S/c26-17-8-4-7-16(11-17)19-12-25(9-10-27-19)21-20-18(15-5-2-1-3-6-15)13-28-22(20)24-14-23-21/h1-8,11,13-14,19,26H,9-10,12H2/t19-/m0/s1. The van der Waals surface area contributed by atoms with Crippen LogP contribution in [-0.2, 0) is 4.74 Å². The Hall–Kier alpha value is -2.96. The summed E-state index contributed by atoms with van der Waals surface area (Å²) in [6.45, 7) is 2.06. The van der Waals surface area contributed by atoms with Gasteiger partial charge in [0, 0.05) is 24.0 Å². The molecular weight excluding hydrogens is 370 g/mol.